The van der Waals surface area contributed by atoms with Gasteiger partial charge in [-0.15, -0.1) is 0 Å². The van der Waals surface area contributed by atoms with Gasteiger partial charge in [0.1, 0.15) is 6.61 Å². The van der Waals surface area contributed by atoms with Gasteiger partial charge in [0.15, 0.2) is 0 Å². The molecule has 0 radical (unpaired) electrons. The Hall–Kier alpha value is -1.62. The number of ether oxygens (including phenoxy) is 2. The van der Waals surface area contributed by atoms with Crippen molar-refractivity contribution >= 4 is 5.91 Å². The van der Waals surface area contributed by atoms with Crippen LogP contribution >= 0.6 is 0 Å². The molecule has 0 N–H and O–H groups in total. The van der Waals surface area contributed by atoms with E-state index < -0.39 is 0 Å². The van der Waals surface area contributed by atoms with Crippen molar-refractivity contribution in [2.75, 3.05) is 20.3 Å². The molecule has 0 saturated heterocycles. The average molecular weight is 334 g/mol. The fourth-order valence-corrected chi connectivity index (χ4v) is 2.92. The van der Waals surface area contributed by atoms with E-state index in [1.165, 1.54) is 19.3 Å². The molecule has 0 atom stereocenters. The second-order valence-electron chi connectivity index (χ2n) is 7.40. The lowest BCUT2D eigenvalue weighted by molar-refractivity contribution is -0.0168. The summed E-state index contributed by atoms with van der Waals surface area (Å²) < 4.78 is 11.1. The minimum atomic E-state index is -0.170. The maximum atomic E-state index is 12.6. The molecule has 1 heterocycles. The van der Waals surface area contributed by atoms with Crippen LogP contribution in [0, 0.1) is 0 Å². The first-order valence-electron chi connectivity index (χ1n) is 8.87. The minimum Gasteiger partial charge on any atom is -0.475 e. The van der Waals surface area contributed by atoms with Crippen molar-refractivity contribution in [2.24, 2.45) is 0 Å². The van der Waals surface area contributed by atoms with E-state index in [1.54, 1.807) is 18.3 Å². The first-order valence-corrected chi connectivity index (χ1v) is 8.87. The fraction of sp³-hybridized carbons (Fsp3) is 0.684. The summed E-state index contributed by atoms with van der Waals surface area (Å²) in [6.07, 6.45) is 7.51. The molecule has 0 aromatic carbocycles. The molecular weight excluding hydrogens is 304 g/mol. The van der Waals surface area contributed by atoms with E-state index in [0.717, 1.165) is 12.8 Å². The van der Waals surface area contributed by atoms with E-state index in [1.807, 2.05) is 32.7 Å². The lowest BCUT2D eigenvalue weighted by Crippen LogP contribution is -2.38. The van der Waals surface area contributed by atoms with E-state index in [2.05, 4.69) is 4.98 Å². The largest absolute Gasteiger partial charge is 0.475 e. The molecule has 5 nitrogen and oxygen atoms in total. The Balaban J connectivity index is 1.83. The maximum Gasteiger partial charge on any atom is 0.255 e. The number of amides is 1. The molecule has 0 aliphatic heterocycles. The number of hydrogen-bond acceptors (Lipinski definition) is 4. The zero-order valence-electron chi connectivity index (χ0n) is 15.4. The van der Waals surface area contributed by atoms with Crippen LogP contribution in [0.15, 0.2) is 18.3 Å². The van der Waals surface area contributed by atoms with Gasteiger partial charge in [-0.3, -0.25) is 4.79 Å². The van der Waals surface area contributed by atoms with Crippen LogP contribution in [-0.4, -0.2) is 47.7 Å². The van der Waals surface area contributed by atoms with E-state index in [0.29, 0.717) is 30.7 Å². The van der Waals surface area contributed by atoms with Gasteiger partial charge in [-0.2, -0.15) is 0 Å². The van der Waals surface area contributed by atoms with Crippen molar-refractivity contribution in [3.63, 3.8) is 0 Å². The van der Waals surface area contributed by atoms with Crippen LogP contribution in [0.2, 0.25) is 0 Å². The summed E-state index contributed by atoms with van der Waals surface area (Å²) in [5, 5.41) is 0. The number of aromatic nitrogens is 1. The minimum absolute atomic E-state index is 0.0389. The molecule has 1 aromatic rings. The third kappa shape index (κ3) is 5.78. The Morgan fingerprint density at radius 3 is 2.50 bits per heavy atom. The molecule has 0 unspecified atom stereocenters. The number of carbonyl (C=O) groups is 1. The molecule has 5 heteroatoms. The summed E-state index contributed by atoms with van der Waals surface area (Å²) in [5.41, 5.74) is 0.443. The van der Waals surface area contributed by atoms with Crippen molar-refractivity contribution < 1.29 is 14.3 Å². The van der Waals surface area contributed by atoms with Crippen molar-refractivity contribution in [1.29, 1.82) is 0 Å². The molecule has 1 aromatic heterocycles. The third-order valence-corrected chi connectivity index (χ3v) is 4.29. The van der Waals surface area contributed by atoms with Gasteiger partial charge in [-0.1, -0.05) is 19.3 Å². The molecule has 0 bridgehead atoms. The lowest BCUT2D eigenvalue weighted by Gasteiger charge is -2.31. The van der Waals surface area contributed by atoms with Crippen LogP contribution in [0.1, 0.15) is 63.2 Å². The van der Waals surface area contributed by atoms with E-state index in [-0.39, 0.29) is 11.5 Å². The molecule has 0 spiro atoms. The van der Waals surface area contributed by atoms with Crippen LogP contribution in [0.3, 0.4) is 0 Å². The van der Waals surface area contributed by atoms with Crippen LogP contribution in [0.4, 0.5) is 0 Å². The number of hydrogen-bond donors (Lipinski definition) is 0. The predicted octanol–water partition coefficient (Wildman–Crippen LogP) is 3.68. The van der Waals surface area contributed by atoms with Crippen molar-refractivity contribution in [3.8, 4) is 5.88 Å². The molecule has 1 amide bonds. The zero-order valence-corrected chi connectivity index (χ0v) is 15.4. The second kappa shape index (κ2) is 8.47. The van der Waals surface area contributed by atoms with Gasteiger partial charge in [0.2, 0.25) is 5.88 Å². The van der Waals surface area contributed by atoms with Gasteiger partial charge in [0.25, 0.3) is 5.91 Å². The molecule has 24 heavy (non-hydrogen) atoms. The summed E-state index contributed by atoms with van der Waals surface area (Å²) in [4.78, 5) is 18.7. The van der Waals surface area contributed by atoms with Gasteiger partial charge in [0, 0.05) is 25.4 Å². The van der Waals surface area contributed by atoms with Crippen molar-refractivity contribution in [1.82, 2.24) is 9.88 Å². The van der Waals surface area contributed by atoms with Crippen molar-refractivity contribution in [3.05, 3.63) is 23.9 Å². The molecule has 134 valence electrons. The third-order valence-electron chi connectivity index (χ3n) is 4.29. The first kappa shape index (κ1) is 18.7. The smallest absolute Gasteiger partial charge is 0.255 e. The monoisotopic (exact) mass is 334 g/mol. The summed E-state index contributed by atoms with van der Waals surface area (Å²) in [5.74, 6) is 0.557. The number of pyridine rings is 1. The molecular formula is C19H30N2O3. The average Bonchev–Trinajstić information content (AvgIpc) is 2.58. The van der Waals surface area contributed by atoms with Gasteiger partial charge >= 0.3 is 0 Å². The molecule has 2 rings (SSSR count). The molecule has 1 fully saturated rings. The lowest BCUT2D eigenvalue weighted by atomic mass is 9.94. The zero-order chi connectivity index (χ0) is 17.6. The SMILES string of the molecule is CN(C(=O)c1ccc(OCCOC(C)(C)C)nc1)C1CCCCC1. The highest BCUT2D eigenvalue weighted by atomic mass is 16.5. The number of carbonyl (C=O) groups excluding carboxylic acids is 1. The second-order valence-corrected chi connectivity index (χ2v) is 7.40. The van der Waals surface area contributed by atoms with E-state index >= 15 is 0 Å². The first-order chi connectivity index (χ1) is 11.4. The summed E-state index contributed by atoms with van der Waals surface area (Å²) in [6.45, 7) is 6.98. The Labute approximate surface area is 145 Å². The maximum absolute atomic E-state index is 12.6. The van der Waals surface area contributed by atoms with Gasteiger partial charge in [0.05, 0.1) is 17.8 Å². The van der Waals surface area contributed by atoms with E-state index in [9.17, 15) is 4.79 Å². The molecule has 1 aliphatic carbocycles. The highest BCUT2D eigenvalue weighted by Gasteiger charge is 2.23. The van der Waals surface area contributed by atoms with Crippen LogP contribution in [0.5, 0.6) is 5.88 Å². The quantitative estimate of drug-likeness (QED) is 0.745. The number of rotatable bonds is 6. The normalized spacial score (nSPS) is 16.0. The number of nitrogens with zero attached hydrogens (tertiary/aromatic N) is 2. The van der Waals surface area contributed by atoms with Crippen LogP contribution in [-0.2, 0) is 4.74 Å². The molecule has 1 aliphatic rings. The topological polar surface area (TPSA) is 51.7 Å². The van der Waals surface area contributed by atoms with Crippen LogP contribution in [0.25, 0.3) is 0 Å². The van der Waals surface area contributed by atoms with E-state index in [4.69, 9.17) is 9.47 Å². The highest BCUT2D eigenvalue weighted by molar-refractivity contribution is 5.94. The predicted molar refractivity (Wildman–Crippen MR) is 94.4 cm³/mol. The summed E-state index contributed by atoms with van der Waals surface area (Å²) in [6, 6.07) is 3.89. The summed E-state index contributed by atoms with van der Waals surface area (Å²) in [7, 11) is 1.90. The van der Waals surface area contributed by atoms with Crippen molar-refractivity contribution in [2.45, 2.75) is 64.5 Å². The van der Waals surface area contributed by atoms with Gasteiger partial charge in [-0.25, -0.2) is 4.98 Å². The Bertz CT molecular complexity index is 516. The summed E-state index contributed by atoms with van der Waals surface area (Å²) >= 11 is 0. The van der Waals surface area contributed by atoms with Gasteiger partial charge in [-0.05, 0) is 39.7 Å². The molecule has 1 saturated carbocycles. The Kier molecular flexibility index (Phi) is 6.60. The van der Waals surface area contributed by atoms with Gasteiger partial charge < -0.3 is 14.4 Å². The highest BCUT2D eigenvalue weighted by Crippen LogP contribution is 2.23. The fourth-order valence-electron chi connectivity index (χ4n) is 2.92. The Morgan fingerprint density at radius 1 is 1.21 bits per heavy atom. The standard InChI is InChI=1S/C19H30N2O3/c1-19(2,3)24-13-12-23-17-11-10-15(14-20-17)18(22)21(4)16-8-6-5-7-9-16/h10-11,14,16H,5-9,12-13H2,1-4H3. The van der Waals surface area contributed by atoms with Crippen LogP contribution < -0.4 is 4.74 Å². The Morgan fingerprint density at radius 2 is 1.92 bits per heavy atom.